The minimum atomic E-state index is -1.02. The van der Waals surface area contributed by atoms with Gasteiger partial charge in [-0.15, -0.1) is 0 Å². The molecule has 1 rings (SSSR count). The van der Waals surface area contributed by atoms with Crippen molar-refractivity contribution in [1.82, 2.24) is 9.97 Å². The van der Waals surface area contributed by atoms with Crippen LogP contribution >= 0.6 is 0 Å². The first-order chi connectivity index (χ1) is 6.02. The lowest BCUT2D eigenvalue weighted by atomic mass is 10.2. The highest BCUT2D eigenvalue weighted by molar-refractivity contribution is 5.87. The quantitative estimate of drug-likeness (QED) is 0.721. The first-order valence-electron chi connectivity index (χ1n) is 3.76. The molecule has 1 heterocycles. The summed E-state index contributed by atoms with van der Waals surface area (Å²) in [6.45, 7) is 1.67. The molecule has 13 heavy (non-hydrogen) atoms. The zero-order chi connectivity index (χ0) is 10.0. The van der Waals surface area contributed by atoms with E-state index in [-0.39, 0.29) is 5.69 Å². The first-order valence-corrected chi connectivity index (χ1v) is 3.76. The molecule has 0 saturated carbocycles. The molecule has 0 spiro atoms. The van der Waals surface area contributed by atoms with Crippen molar-refractivity contribution in [1.29, 1.82) is 0 Å². The van der Waals surface area contributed by atoms with Crippen molar-refractivity contribution in [2.75, 3.05) is 19.0 Å². The highest BCUT2D eigenvalue weighted by atomic mass is 16.4. The Balaban J connectivity index is 3.19. The van der Waals surface area contributed by atoms with Gasteiger partial charge in [-0.2, -0.15) is 0 Å². The van der Waals surface area contributed by atoms with E-state index in [0.717, 1.165) is 0 Å². The van der Waals surface area contributed by atoms with E-state index in [0.29, 0.717) is 11.5 Å². The van der Waals surface area contributed by atoms with Crippen LogP contribution < -0.4 is 4.90 Å². The van der Waals surface area contributed by atoms with Crippen LogP contribution in [0.3, 0.4) is 0 Å². The summed E-state index contributed by atoms with van der Waals surface area (Å²) in [5, 5.41) is 8.76. The summed E-state index contributed by atoms with van der Waals surface area (Å²) in [6.07, 6.45) is 1.51. The van der Waals surface area contributed by atoms with Gasteiger partial charge in [0.1, 0.15) is 0 Å². The molecular formula is C8H11N3O2. The monoisotopic (exact) mass is 181 g/mol. The van der Waals surface area contributed by atoms with Crippen LogP contribution in [0, 0.1) is 6.92 Å². The zero-order valence-electron chi connectivity index (χ0n) is 7.77. The number of carboxylic acids is 1. The molecule has 70 valence electrons. The Morgan fingerprint density at radius 1 is 1.54 bits per heavy atom. The van der Waals surface area contributed by atoms with Crippen LogP contribution in [0.1, 0.15) is 16.1 Å². The van der Waals surface area contributed by atoms with Crippen LogP contribution in [0.5, 0.6) is 0 Å². The lowest BCUT2D eigenvalue weighted by molar-refractivity contribution is 0.0689. The van der Waals surface area contributed by atoms with Crippen LogP contribution in [0.25, 0.3) is 0 Å². The van der Waals surface area contributed by atoms with Crippen LogP contribution in [0.15, 0.2) is 6.20 Å². The number of hydrogen-bond donors (Lipinski definition) is 1. The summed E-state index contributed by atoms with van der Waals surface area (Å²) >= 11 is 0. The third-order valence-corrected chi connectivity index (χ3v) is 1.56. The van der Waals surface area contributed by atoms with Gasteiger partial charge in [0.15, 0.2) is 5.69 Å². The predicted octanol–water partition coefficient (Wildman–Crippen LogP) is 0.549. The van der Waals surface area contributed by atoms with Crippen molar-refractivity contribution >= 4 is 11.9 Å². The van der Waals surface area contributed by atoms with Crippen molar-refractivity contribution in [3.63, 3.8) is 0 Å². The minimum Gasteiger partial charge on any atom is -0.476 e. The summed E-state index contributed by atoms with van der Waals surface area (Å²) < 4.78 is 0. The Kier molecular flexibility index (Phi) is 2.46. The van der Waals surface area contributed by atoms with E-state index in [2.05, 4.69) is 9.97 Å². The third kappa shape index (κ3) is 1.93. The summed E-state index contributed by atoms with van der Waals surface area (Å²) in [5.74, 6) is -0.619. The van der Waals surface area contributed by atoms with Crippen LogP contribution in [0.4, 0.5) is 5.95 Å². The molecule has 0 unspecified atom stereocenters. The maximum Gasteiger partial charge on any atom is 0.354 e. The first kappa shape index (κ1) is 9.44. The van der Waals surface area contributed by atoms with Gasteiger partial charge in [-0.25, -0.2) is 14.8 Å². The molecule has 0 saturated heterocycles. The lowest BCUT2D eigenvalue weighted by Crippen LogP contribution is -2.15. The van der Waals surface area contributed by atoms with E-state index in [1.165, 1.54) is 6.20 Å². The fourth-order valence-electron chi connectivity index (χ4n) is 0.865. The number of aromatic carboxylic acids is 1. The van der Waals surface area contributed by atoms with Crippen LogP contribution in [0.2, 0.25) is 0 Å². The van der Waals surface area contributed by atoms with E-state index < -0.39 is 5.97 Å². The van der Waals surface area contributed by atoms with Crippen molar-refractivity contribution in [3.8, 4) is 0 Å². The van der Waals surface area contributed by atoms with E-state index in [1.807, 2.05) is 0 Å². The van der Waals surface area contributed by atoms with Crippen LogP contribution in [-0.4, -0.2) is 35.1 Å². The largest absolute Gasteiger partial charge is 0.476 e. The second kappa shape index (κ2) is 3.38. The van der Waals surface area contributed by atoms with Gasteiger partial charge in [0.2, 0.25) is 5.95 Å². The topological polar surface area (TPSA) is 66.3 Å². The Morgan fingerprint density at radius 3 is 2.62 bits per heavy atom. The molecule has 0 atom stereocenters. The summed E-state index contributed by atoms with van der Waals surface area (Å²) in [4.78, 5) is 20.2. The van der Waals surface area contributed by atoms with Gasteiger partial charge in [-0.05, 0) is 6.92 Å². The second-order valence-corrected chi connectivity index (χ2v) is 2.90. The lowest BCUT2D eigenvalue weighted by Gasteiger charge is -2.10. The number of aryl methyl sites for hydroxylation is 1. The summed E-state index contributed by atoms with van der Waals surface area (Å²) in [5.41, 5.74) is 0.622. The van der Waals surface area contributed by atoms with E-state index in [9.17, 15) is 4.79 Å². The summed E-state index contributed by atoms with van der Waals surface area (Å²) in [7, 11) is 3.52. The third-order valence-electron chi connectivity index (χ3n) is 1.56. The molecule has 0 amide bonds. The molecule has 0 aliphatic rings. The fraction of sp³-hybridized carbons (Fsp3) is 0.375. The zero-order valence-corrected chi connectivity index (χ0v) is 7.77. The fourth-order valence-corrected chi connectivity index (χ4v) is 0.865. The molecule has 0 radical (unpaired) electrons. The SMILES string of the molecule is Cc1cnc(N(C)C)nc1C(=O)O. The van der Waals surface area contributed by atoms with Crippen molar-refractivity contribution in [2.45, 2.75) is 6.92 Å². The van der Waals surface area contributed by atoms with Gasteiger partial charge in [-0.3, -0.25) is 0 Å². The average molecular weight is 181 g/mol. The Labute approximate surface area is 76.0 Å². The maximum atomic E-state index is 10.7. The predicted molar refractivity (Wildman–Crippen MR) is 48.1 cm³/mol. The molecular weight excluding hydrogens is 170 g/mol. The van der Waals surface area contributed by atoms with Gasteiger partial charge >= 0.3 is 5.97 Å². The molecule has 5 nitrogen and oxygen atoms in total. The van der Waals surface area contributed by atoms with Crippen molar-refractivity contribution in [3.05, 3.63) is 17.5 Å². The van der Waals surface area contributed by atoms with Crippen molar-refractivity contribution in [2.24, 2.45) is 0 Å². The van der Waals surface area contributed by atoms with Gasteiger partial charge in [0.25, 0.3) is 0 Å². The van der Waals surface area contributed by atoms with Gasteiger partial charge in [0.05, 0.1) is 0 Å². The average Bonchev–Trinajstić information content (AvgIpc) is 2.04. The van der Waals surface area contributed by atoms with E-state index in [4.69, 9.17) is 5.11 Å². The Bertz CT molecular complexity index is 336. The Hall–Kier alpha value is -1.65. The normalized spacial score (nSPS) is 9.77. The molecule has 0 aromatic carbocycles. The number of carbonyl (C=O) groups is 1. The molecule has 0 aliphatic heterocycles. The van der Waals surface area contributed by atoms with Crippen LogP contribution in [-0.2, 0) is 0 Å². The summed E-state index contributed by atoms with van der Waals surface area (Å²) in [6, 6.07) is 0. The maximum absolute atomic E-state index is 10.7. The molecule has 0 fully saturated rings. The standard InChI is InChI=1S/C8H11N3O2/c1-5-4-9-8(11(2)3)10-6(5)7(12)13/h4H,1-3H3,(H,12,13). The van der Waals surface area contributed by atoms with Gasteiger partial charge in [0, 0.05) is 25.9 Å². The highest BCUT2D eigenvalue weighted by Crippen LogP contribution is 2.08. The van der Waals surface area contributed by atoms with E-state index >= 15 is 0 Å². The Morgan fingerprint density at radius 2 is 2.15 bits per heavy atom. The van der Waals surface area contributed by atoms with E-state index in [1.54, 1.807) is 25.9 Å². The molecule has 0 bridgehead atoms. The van der Waals surface area contributed by atoms with Gasteiger partial charge < -0.3 is 10.0 Å². The van der Waals surface area contributed by atoms with Crippen molar-refractivity contribution < 1.29 is 9.90 Å². The second-order valence-electron chi connectivity index (χ2n) is 2.90. The number of aromatic nitrogens is 2. The molecule has 1 N–H and O–H groups in total. The number of anilines is 1. The number of hydrogen-bond acceptors (Lipinski definition) is 4. The van der Waals surface area contributed by atoms with Gasteiger partial charge in [-0.1, -0.05) is 0 Å². The molecule has 1 aromatic heterocycles. The molecule has 5 heteroatoms. The smallest absolute Gasteiger partial charge is 0.354 e. The number of carboxylic acid groups (broad SMARTS) is 1. The number of nitrogens with zero attached hydrogens (tertiary/aromatic N) is 3. The minimum absolute atomic E-state index is 0.0544. The number of rotatable bonds is 2. The highest BCUT2D eigenvalue weighted by Gasteiger charge is 2.11. The molecule has 1 aromatic rings. The molecule has 0 aliphatic carbocycles.